The highest BCUT2D eigenvalue weighted by molar-refractivity contribution is 5.49. The van der Waals surface area contributed by atoms with Crippen LogP contribution in [-0.2, 0) is 6.54 Å². The maximum atomic E-state index is 4.54. The SMILES string of the molecule is CCN(CC)c1ccc(NCc2cc(C)ccc2C)cn1. The molecule has 0 bridgehead atoms. The molecule has 3 heteroatoms. The predicted molar refractivity (Wildman–Crippen MR) is 91.0 cm³/mol. The summed E-state index contributed by atoms with van der Waals surface area (Å²) in [6.45, 7) is 11.4. The number of pyridine rings is 1. The third-order valence-electron chi connectivity index (χ3n) is 3.82. The lowest BCUT2D eigenvalue weighted by Gasteiger charge is -2.19. The Morgan fingerprint density at radius 2 is 1.81 bits per heavy atom. The monoisotopic (exact) mass is 283 g/mol. The normalized spacial score (nSPS) is 10.5. The van der Waals surface area contributed by atoms with E-state index in [9.17, 15) is 0 Å². The van der Waals surface area contributed by atoms with E-state index < -0.39 is 0 Å². The molecule has 1 N–H and O–H groups in total. The molecule has 1 aromatic heterocycles. The summed E-state index contributed by atoms with van der Waals surface area (Å²) in [5, 5.41) is 3.45. The van der Waals surface area contributed by atoms with Crippen LogP contribution in [0.25, 0.3) is 0 Å². The van der Waals surface area contributed by atoms with Gasteiger partial charge in [0.25, 0.3) is 0 Å². The van der Waals surface area contributed by atoms with Gasteiger partial charge in [0.1, 0.15) is 5.82 Å². The van der Waals surface area contributed by atoms with Crippen molar-refractivity contribution in [2.75, 3.05) is 23.3 Å². The maximum Gasteiger partial charge on any atom is 0.128 e. The van der Waals surface area contributed by atoms with E-state index in [1.165, 1.54) is 16.7 Å². The number of aryl methyl sites for hydroxylation is 2. The van der Waals surface area contributed by atoms with Crippen LogP contribution < -0.4 is 10.2 Å². The van der Waals surface area contributed by atoms with Gasteiger partial charge in [0, 0.05) is 19.6 Å². The van der Waals surface area contributed by atoms with E-state index in [1.807, 2.05) is 6.20 Å². The molecule has 0 saturated heterocycles. The molecule has 0 aliphatic rings. The predicted octanol–water partition coefficient (Wildman–Crippen LogP) is 4.16. The summed E-state index contributed by atoms with van der Waals surface area (Å²) in [6.07, 6.45) is 1.92. The first-order chi connectivity index (χ1) is 10.1. The molecule has 0 saturated carbocycles. The summed E-state index contributed by atoms with van der Waals surface area (Å²) in [5.74, 6) is 1.04. The highest BCUT2D eigenvalue weighted by Gasteiger charge is 2.03. The summed E-state index contributed by atoms with van der Waals surface area (Å²) in [7, 11) is 0. The summed E-state index contributed by atoms with van der Waals surface area (Å²) < 4.78 is 0. The van der Waals surface area contributed by atoms with Crippen molar-refractivity contribution in [3.05, 3.63) is 53.2 Å². The second-order valence-corrected chi connectivity index (χ2v) is 5.36. The van der Waals surface area contributed by atoms with Crippen LogP contribution in [0.4, 0.5) is 11.5 Å². The van der Waals surface area contributed by atoms with Crippen molar-refractivity contribution in [1.29, 1.82) is 0 Å². The molecule has 0 spiro atoms. The fourth-order valence-corrected chi connectivity index (χ4v) is 2.41. The molecule has 112 valence electrons. The Balaban J connectivity index is 2.02. The summed E-state index contributed by atoms with van der Waals surface area (Å²) in [6, 6.07) is 10.7. The second-order valence-electron chi connectivity index (χ2n) is 5.36. The molecule has 3 nitrogen and oxygen atoms in total. The zero-order valence-corrected chi connectivity index (χ0v) is 13.5. The second kappa shape index (κ2) is 7.11. The van der Waals surface area contributed by atoms with Crippen LogP contribution in [0.2, 0.25) is 0 Å². The zero-order valence-electron chi connectivity index (χ0n) is 13.5. The largest absolute Gasteiger partial charge is 0.380 e. The minimum atomic E-state index is 0.833. The smallest absolute Gasteiger partial charge is 0.128 e. The van der Waals surface area contributed by atoms with Gasteiger partial charge in [0.15, 0.2) is 0 Å². The molecule has 21 heavy (non-hydrogen) atoms. The highest BCUT2D eigenvalue weighted by Crippen LogP contribution is 2.16. The number of hydrogen-bond donors (Lipinski definition) is 1. The van der Waals surface area contributed by atoms with Crippen LogP contribution in [0.3, 0.4) is 0 Å². The lowest BCUT2D eigenvalue weighted by Crippen LogP contribution is -2.22. The Morgan fingerprint density at radius 3 is 2.43 bits per heavy atom. The first kappa shape index (κ1) is 15.4. The topological polar surface area (TPSA) is 28.2 Å². The fourth-order valence-electron chi connectivity index (χ4n) is 2.41. The van der Waals surface area contributed by atoms with E-state index in [-0.39, 0.29) is 0 Å². The summed E-state index contributed by atoms with van der Waals surface area (Å²) in [5.41, 5.74) is 5.02. The van der Waals surface area contributed by atoms with Crippen LogP contribution >= 0.6 is 0 Å². The first-order valence-corrected chi connectivity index (χ1v) is 7.65. The molecule has 0 atom stereocenters. The molecule has 2 aromatic rings. The van der Waals surface area contributed by atoms with Gasteiger partial charge >= 0.3 is 0 Å². The molecule has 0 unspecified atom stereocenters. The number of aromatic nitrogens is 1. The van der Waals surface area contributed by atoms with Gasteiger partial charge in [-0.05, 0) is 51.0 Å². The molecule has 2 rings (SSSR count). The van der Waals surface area contributed by atoms with E-state index in [0.29, 0.717) is 0 Å². The minimum Gasteiger partial charge on any atom is -0.380 e. The van der Waals surface area contributed by atoms with Crippen molar-refractivity contribution in [1.82, 2.24) is 4.98 Å². The third-order valence-corrected chi connectivity index (χ3v) is 3.82. The van der Waals surface area contributed by atoms with Crippen molar-refractivity contribution in [3.63, 3.8) is 0 Å². The first-order valence-electron chi connectivity index (χ1n) is 7.65. The minimum absolute atomic E-state index is 0.833. The van der Waals surface area contributed by atoms with E-state index in [4.69, 9.17) is 0 Å². The van der Waals surface area contributed by atoms with Gasteiger partial charge in [-0.2, -0.15) is 0 Å². The molecule has 0 aliphatic carbocycles. The molecular weight excluding hydrogens is 258 g/mol. The third kappa shape index (κ3) is 3.97. The Bertz CT molecular complexity index is 572. The van der Waals surface area contributed by atoms with Crippen LogP contribution in [0.1, 0.15) is 30.5 Å². The lowest BCUT2D eigenvalue weighted by molar-refractivity contribution is 0.846. The van der Waals surface area contributed by atoms with Crippen molar-refractivity contribution in [3.8, 4) is 0 Å². The van der Waals surface area contributed by atoms with Crippen molar-refractivity contribution < 1.29 is 0 Å². The van der Waals surface area contributed by atoms with E-state index in [2.05, 4.69) is 73.2 Å². The van der Waals surface area contributed by atoms with E-state index in [1.54, 1.807) is 0 Å². The Morgan fingerprint density at radius 1 is 1.05 bits per heavy atom. The van der Waals surface area contributed by atoms with Gasteiger partial charge in [0.05, 0.1) is 11.9 Å². The van der Waals surface area contributed by atoms with Gasteiger partial charge in [0.2, 0.25) is 0 Å². The quantitative estimate of drug-likeness (QED) is 0.863. The average molecular weight is 283 g/mol. The molecule has 1 aromatic carbocycles. The van der Waals surface area contributed by atoms with Crippen molar-refractivity contribution >= 4 is 11.5 Å². The number of anilines is 2. The Hall–Kier alpha value is -2.03. The van der Waals surface area contributed by atoms with Crippen molar-refractivity contribution in [2.45, 2.75) is 34.2 Å². The van der Waals surface area contributed by atoms with Crippen LogP contribution in [-0.4, -0.2) is 18.1 Å². The average Bonchev–Trinajstić information content (AvgIpc) is 2.51. The van der Waals surface area contributed by atoms with Gasteiger partial charge < -0.3 is 10.2 Å². The van der Waals surface area contributed by atoms with Gasteiger partial charge in [-0.15, -0.1) is 0 Å². The molecule has 1 heterocycles. The van der Waals surface area contributed by atoms with Gasteiger partial charge in [-0.25, -0.2) is 4.98 Å². The number of nitrogens with one attached hydrogen (secondary N) is 1. The van der Waals surface area contributed by atoms with Crippen LogP contribution in [0.5, 0.6) is 0 Å². The zero-order chi connectivity index (χ0) is 15.2. The lowest BCUT2D eigenvalue weighted by atomic mass is 10.1. The molecule has 0 aliphatic heterocycles. The Kier molecular flexibility index (Phi) is 5.20. The van der Waals surface area contributed by atoms with Gasteiger partial charge in [-0.1, -0.05) is 23.8 Å². The van der Waals surface area contributed by atoms with Gasteiger partial charge in [-0.3, -0.25) is 0 Å². The molecule has 0 fully saturated rings. The molecule has 0 amide bonds. The number of rotatable bonds is 6. The van der Waals surface area contributed by atoms with E-state index in [0.717, 1.165) is 31.1 Å². The standard InChI is InChI=1S/C18H25N3/c1-5-21(6-2)18-10-9-17(13-20-18)19-12-16-11-14(3)7-8-15(16)4/h7-11,13,19H,5-6,12H2,1-4H3. The summed E-state index contributed by atoms with van der Waals surface area (Å²) in [4.78, 5) is 6.78. The molecule has 0 radical (unpaired) electrons. The number of benzene rings is 1. The summed E-state index contributed by atoms with van der Waals surface area (Å²) >= 11 is 0. The highest BCUT2D eigenvalue weighted by atomic mass is 15.2. The fraction of sp³-hybridized carbons (Fsp3) is 0.389. The number of nitrogens with zero attached hydrogens (tertiary/aromatic N) is 2. The van der Waals surface area contributed by atoms with Crippen molar-refractivity contribution in [2.24, 2.45) is 0 Å². The maximum absolute atomic E-state index is 4.54. The molecular formula is C18H25N3. The number of hydrogen-bond acceptors (Lipinski definition) is 3. The van der Waals surface area contributed by atoms with E-state index >= 15 is 0 Å². The van der Waals surface area contributed by atoms with Crippen LogP contribution in [0, 0.1) is 13.8 Å². The van der Waals surface area contributed by atoms with Crippen LogP contribution in [0.15, 0.2) is 36.5 Å². The Labute approximate surface area is 128 Å².